The SMILES string of the molecule is C[C@@H]1[C@H](c2ccccc2)C[C@H](N2C(=O)C3(Cc4cc(C(N)=O)cnc4O3)c3cccnc32)C(=O)N1CC(F)(F)F. The van der Waals surface area contributed by atoms with E-state index in [1.807, 2.05) is 0 Å². The number of likely N-dealkylation sites (tertiary alicyclic amines) is 1. The normalized spacial score (nSPS) is 25.6. The number of hydrogen-bond acceptors (Lipinski definition) is 6. The summed E-state index contributed by atoms with van der Waals surface area (Å²) in [7, 11) is 0. The molecule has 1 spiro atoms. The van der Waals surface area contributed by atoms with E-state index in [-0.39, 0.29) is 30.1 Å². The molecule has 206 valence electrons. The molecule has 1 aromatic carbocycles. The average molecular weight is 552 g/mol. The fraction of sp³-hybridized carbons (Fsp3) is 0.321. The summed E-state index contributed by atoms with van der Waals surface area (Å²) in [4.78, 5) is 50.3. The Morgan fingerprint density at radius 2 is 1.90 bits per heavy atom. The van der Waals surface area contributed by atoms with Crippen LogP contribution in [0.15, 0.2) is 60.9 Å². The van der Waals surface area contributed by atoms with E-state index in [0.29, 0.717) is 11.1 Å². The van der Waals surface area contributed by atoms with Crippen molar-refractivity contribution >= 4 is 23.5 Å². The summed E-state index contributed by atoms with van der Waals surface area (Å²) in [5.41, 5.74) is 5.47. The molecule has 3 amide bonds. The molecular formula is C28H24F3N5O4. The number of nitrogens with two attached hydrogens (primary N) is 1. The van der Waals surface area contributed by atoms with Gasteiger partial charge < -0.3 is 15.4 Å². The van der Waals surface area contributed by atoms with Crippen molar-refractivity contribution in [1.29, 1.82) is 0 Å². The summed E-state index contributed by atoms with van der Waals surface area (Å²) in [6.07, 6.45) is -1.88. The van der Waals surface area contributed by atoms with Crippen molar-refractivity contribution in [3.8, 4) is 5.88 Å². The summed E-state index contributed by atoms with van der Waals surface area (Å²) in [6, 6.07) is 11.7. The molecule has 1 saturated heterocycles. The summed E-state index contributed by atoms with van der Waals surface area (Å²) in [6.45, 7) is 0.145. The lowest BCUT2D eigenvalue weighted by Gasteiger charge is -2.45. The fourth-order valence-corrected chi connectivity index (χ4v) is 6.08. The van der Waals surface area contributed by atoms with Crippen molar-refractivity contribution in [3.05, 3.63) is 83.2 Å². The Morgan fingerprint density at radius 3 is 2.60 bits per heavy atom. The van der Waals surface area contributed by atoms with E-state index in [1.54, 1.807) is 49.4 Å². The molecule has 1 unspecified atom stereocenters. The zero-order valence-electron chi connectivity index (χ0n) is 21.3. The van der Waals surface area contributed by atoms with Crippen molar-refractivity contribution in [2.75, 3.05) is 11.4 Å². The number of hydrogen-bond donors (Lipinski definition) is 1. The Kier molecular flexibility index (Phi) is 5.82. The van der Waals surface area contributed by atoms with E-state index in [1.165, 1.54) is 23.4 Å². The number of carbonyl (C=O) groups is 3. The molecule has 40 heavy (non-hydrogen) atoms. The van der Waals surface area contributed by atoms with Gasteiger partial charge in [-0.05, 0) is 37.1 Å². The number of fused-ring (bicyclic) bond motifs is 3. The predicted molar refractivity (Wildman–Crippen MR) is 135 cm³/mol. The van der Waals surface area contributed by atoms with Crippen LogP contribution in [0, 0.1) is 0 Å². The van der Waals surface area contributed by atoms with Crippen LogP contribution < -0.4 is 15.4 Å². The molecule has 5 heterocycles. The van der Waals surface area contributed by atoms with E-state index in [9.17, 15) is 27.6 Å². The Balaban J connectivity index is 1.43. The van der Waals surface area contributed by atoms with Gasteiger partial charge in [0.05, 0.1) is 5.56 Å². The number of primary amides is 1. The van der Waals surface area contributed by atoms with Crippen LogP contribution in [-0.4, -0.2) is 57.4 Å². The first kappa shape index (κ1) is 25.8. The summed E-state index contributed by atoms with van der Waals surface area (Å²) in [5.74, 6) is -2.36. The molecule has 0 radical (unpaired) electrons. The summed E-state index contributed by atoms with van der Waals surface area (Å²) < 4.78 is 47.1. The van der Waals surface area contributed by atoms with Crippen LogP contribution >= 0.6 is 0 Å². The highest BCUT2D eigenvalue weighted by Gasteiger charge is 2.61. The third kappa shape index (κ3) is 3.97. The van der Waals surface area contributed by atoms with Gasteiger partial charge in [-0.1, -0.05) is 30.3 Å². The maximum absolute atomic E-state index is 14.3. The number of aromatic nitrogens is 2. The molecule has 0 aliphatic carbocycles. The first-order chi connectivity index (χ1) is 19.0. The Morgan fingerprint density at radius 1 is 1.15 bits per heavy atom. The number of amides is 3. The molecular weight excluding hydrogens is 527 g/mol. The number of ether oxygens (including phenoxy) is 1. The Bertz CT molecular complexity index is 1530. The van der Waals surface area contributed by atoms with Gasteiger partial charge in [0.25, 0.3) is 5.91 Å². The highest BCUT2D eigenvalue weighted by Crippen LogP contribution is 2.51. The van der Waals surface area contributed by atoms with Crippen molar-refractivity contribution in [2.45, 2.75) is 49.5 Å². The van der Waals surface area contributed by atoms with Gasteiger partial charge in [-0.15, -0.1) is 0 Å². The Hall–Kier alpha value is -4.48. The highest BCUT2D eigenvalue weighted by molar-refractivity contribution is 6.11. The number of benzene rings is 1. The number of anilines is 1. The van der Waals surface area contributed by atoms with Crippen LogP contribution in [0.3, 0.4) is 0 Å². The molecule has 12 heteroatoms. The zero-order chi connectivity index (χ0) is 28.4. The van der Waals surface area contributed by atoms with E-state index in [0.717, 1.165) is 10.5 Å². The molecule has 0 saturated carbocycles. The minimum atomic E-state index is -4.64. The quantitative estimate of drug-likeness (QED) is 0.533. The summed E-state index contributed by atoms with van der Waals surface area (Å²) >= 11 is 0. The predicted octanol–water partition coefficient (Wildman–Crippen LogP) is 3.09. The maximum Gasteiger partial charge on any atom is 0.406 e. The van der Waals surface area contributed by atoms with Crippen LogP contribution in [0.2, 0.25) is 0 Å². The van der Waals surface area contributed by atoms with Gasteiger partial charge in [0.15, 0.2) is 0 Å². The minimum Gasteiger partial charge on any atom is -0.455 e. The molecule has 0 bridgehead atoms. The Labute approximate surface area is 226 Å². The smallest absolute Gasteiger partial charge is 0.406 e. The number of nitrogens with zero attached hydrogens (tertiary/aromatic N) is 4. The van der Waals surface area contributed by atoms with Crippen molar-refractivity contribution < 1.29 is 32.3 Å². The largest absolute Gasteiger partial charge is 0.455 e. The van der Waals surface area contributed by atoms with Crippen molar-refractivity contribution in [3.63, 3.8) is 0 Å². The highest BCUT2D eigenvalue weighted by atomic mass is 19.4. The molecule has 9 nitrogen and oxygen atoms in total. The van der Waals surface area contributed by atoms with Crippen LogP contribution in [0.4, 0.5) is 19.0 Å². The third-order valence-corrected chi connectivity index (χ3v) is 7.94. The van der Waals surface area contributed by atoms with E-state index < -0.39 is 54.0 Å². The maximum atomic E-state index is 14.3. The van der Waals surface area contributed by atoms with E-state index in [2.05, 4.69) is 9.97 Å². The average Bonchev–Trinajstić information content (AvgIpc) is 3.42. The number of pyridine rings is 2. The zero-order valence-corrected chi connectivity index (χ0v) is 21.3. The summed E-state index contributed by atoms with van der Waals surface area (Å²) in [5, 5.41) is 0. The lowest BCUT2D eigenvalue weighted by molar-refractivity contribution is -0.170. The third-order valence-electron chi connectivity index (χ3n) is 7.94. The van der Waals surface area contributed by atoms with Crippen molar-refractivity contribution in [2.24, 2.45) is 5.73 Å². The number of rotatable bonds is 4. The molecule has 6 rings (SSSR count). The topological polar surface area (TPSA) is 119 Å². The fourth-order valence-electron chi connectivity index (χ4n) is 6.08. The number of halogens is 3. The molecule has 1 fully saturated rings. The van der Waals surface area contributed by atoms with Gasteiger partial charge in [-0.3, -0.25) is 19.3 Å². The molecule has 4 atom stereocenters. The molecule has 2 aromatic heterocycles. The second kappa shape index (κ2) is 9.04. The van der Waals surface area contributed by atoms with Crippen LogP contribution in [0.1, 0.15) is 46.3 Å². The van der Waals surface area contributed by atoms with Crippen molar-refractivity contribution in [1.82, 2.24) is 14.9 Å². The van der Waals surface area contributed by atoms with Gasteiger partial charge in [-0.25, -0.2) is 9.97 Å². The van der Waals surface area contributed by atoms with Crippen LogP contribution in [0.25, 0.3) is 0 Å². The first-order valence-corrected chi connectivity index (χ1v) is 12.7. The van der Waals surface area contributed by atoms with Gasteiger partial charge in [0, 0.05) is 41.9 Å². The van der Waals surface area contributed by atoms with Crippen LogP contribution in [0.5, 0.6) is 5.88 Å². The minimum absolute atomic E-state index is 0.0177. The molecule has 3 aromatic rings. The molecule has 3 aliphatic heterocycles. The monoisotopic (exact) mass is 551 g/mol. The number of piperidine rings is 1. The molecule has 2 N–H and O–H groups in total. The lowest BCUT2D eigenvalue weighted by atomic mass is 9.81. The van der Waals surface area contributed by atoms with Gasteiger partial charge >= 0.3 is 6.18 Å². The van der Waals surface area contributed by atoms with E-state index >= 15 is 0 Å². The standard InChI is InChI=1S/C28H24F3N5O4/c1-15-19(16-6-3-2-4-7-16)11-21(25(38)35(15)14-28(29,30)31)36-23-20(8-5-9-33-23)27(26(36)39)12-17-10-18(22(32)37)13-34-24(17)40-27/h2-10,13,15,19,21H,11-12,14H2,1H3,(H2,32,37)/t15-,19-,21+,27?/m1/s1. The number of carbonyl (C=O) groups excluding carboxylic acids is 3. The second-order valence-electron chi connectivity index (χ2n) is 10.3. The second-order valence-corrected chi connectivity index (χ2v) is 10.3. The lowest BCUT2D eigenvalue weighted by Crippen LogP contribution is -2.61. The first-order valence-electron chi connectivity index (χ1n) is 12.7. The van der Waals surface area contributed by atoms with Gasteiger partial charge in [0.2, 0.25) is 23.3 Å². The molecule has 3 aliphatic rings. The van der Waals surface area contributed by atoms with Crippen LogP contribution in [-0.2, 0) is 21.6 Å². The van der Waals surface area contributed by atoms with Gasteiger partial charge in [0.1, 0.15) is 18.4 Å². The number of alkyl halides is 3. The van der Waals surface area contributed by atoms with E-state index in [4.69, 9.17) is 10.5 Å². The van der Waals surface area contributed by atoms with Gasteiger partial charge in [-0.2, -0.15) is 13.2 Å².